The summed E-state index contributed by atoms with van der Waals surface area (Å²) in [6.07, 6.45) is 6.56. The summed E-state index contributed by atoms with van der Waals surface area (Å²) in [5.41, 5.74) is 5.40. The number of allylic oxidation sites excluding steroid dienone is 4. The molecule has 0 amide bonds. The normalized spacial score (nSPS) is 35.5. The van der Waals surface area contributed by atoms with Gasteiger partial charge in [0, 0.05) is 24.7 Å². The van der Waals surface area contributed by atoms with Crippen molar-refractivity contribution in [2.75, 3.05) is 0 Å². The van der Waals surface area contributed by atoms with Crippen molar-refractivity contribution in [2.24, 2.45) is 11.8 Å². The van der Waals surface area contributed by atoms with Crippen LogP contribution in [0.4, 0.5) is 0 Å². The Bertz CT molecular complexity index is 461. The summed E-state index contributed by atoms with van der Waals surface area (Å²) in [4.78, 5) is 24.1. The van der Waals surface area contributed by atoms with Crippen molar-refractivity contribution in [1.82, 2.24) is 0 Å². The van der Waals surface area contributed by atoms with E-state index in [1.165, 1.54) is 22.3 Å². The molecule has 2 heteroatoms. The van der Waals surface area contributed by atoms with Gasteiger partial charge in [-0.25, -0.2) is 0 Å². The van der Waals surface area contributed by atoms with E-state index in [1.54, 1.807) is 0 Å². The molecule has 0 heterocycles. The van der Waals surface area contributed by atoms with E-state index in [9.17, 15) is 9.59 Å². The van der Waals surface area contributed by atoms with Crippen LogP contribution in [0.2, 0.25) is 0 Å². The van der Waals surface area contributed by atoms with Crippen LogP contribution in [-0.4, -0.2) is 11.6 Å². The van der Waals surface area contributed by atoms with Crippen molar-refractivity contribution in [2.45, 2.75) is 44.9 Å². The molecule has 0 aromatic carbocycles. The molecule has 0 bridgehead atoms. The van der Waals surface area contributed by atoms with Gasteiger partial charge in [0.2, 0.25) is 0 Å². The fourth-order valence-electron chi connectivity index (χ4n) is 4.31. The van der Waals surface area contributed by atoms with Gasteiger partial charge in [-0.15, -0.1) is 0 Å². The van der Waals surface area contributed by atoms with Crippen LogP contribution in [0, 0.1) is 11.8 Å². The Morgan fingerprint density at radius 3 is 1.65 bits per heavy atom. The first-order valence-corrected chi connectivity index (χ1v) is 6.75. The second-order valence-electron chi connectivity index (χ2n) is 5.89. The zero-order valence-electron chi connectivity index (χ0n) is 9.92. The fraction of sp³-hybridized carbons (Fsp3) is 0.600. The van der Waals surface area contributed by atoms with Crippen LogP contribution >= 0.6 is 0 Å². The van der Waals surface area contributed by atoms with E-state index >= 15 is 0 Å². The van der Waals surface area contributed by atoms with Gasteiger partial charge in [-0.05, 0) is 30.4 Å². The topological polar surface area (TPSA) is 34.1 Å². The largest absolute Gasteiger partial charge is 0.299 e. The summed E-state index contributed by atoms with van der Waals surface area (Å²) in [6.45, 7) is 0. The highest BCUT2D eigenvalue weighted by Crippen LogP contribution is 2.54. The number of Topliss-reactive ketones (excluding diaryl/α,β-unsaturated/α-hetero) is 2. The second-order valence-corrected chi connectivity index (χ2v) is 5.89. The maximum atomic E-state index is 12.0. The van der Waals surface area contributed by atoms with Gasteiger partial charge < -0.3 is 0 Å². The lowest BCUT2D eigenvalue weighted by Crippen LogP contribution is -2.19. The molecule has 0 N–H and O–H groups in total. The minimum absolute atomic E-state index is 0.159. The Morgan fingerprint density at radius 2 is 1.18 bits per heavy atom. The highest BCUT2D eigenvalue weighted by Gasteiger charge is 2.46. The highest BCUT2D eigenvalue weighted by molar-refractivity contribution is 5.98. The average Bonchev–Trinajstić information content (AvgIpc) is 2.77. The van der Waals surface area contributed by atoms with Gasteiger partial charge in [0.15, 0.2) is 0 Å². The lowest BCUT2D eigenvalue weighted by atomic mass is 9.80. The number of carbonyl (C=O) groups excluding carboxylic acids is 2. The van der Waals surface area contributed by atoms with Gasteiger partial charge in [0.05, 0.1) is 0 Å². The zero-order chi connectivity index (χ0) is 11.6. The summed E-state index contributed by atoms with van der Waals surface area (Å²) in [6, 6.07) is 0. The number of ketones is 2. The zero-order valence-corrected chi connectivity index (χ0v) is 9.92. The molecule has 2 atom stereocenters. The highest BCUT2D eigenvalue weighted by atomic mass is 16.1. The maximum Gasteiger partial charge on any atom is 0.144 e. The molecule has 0 spiro atoms. The third kappa shape index (κ3) is 1.16. The molecule has 88 valence electrons. The van der Waals surface area contributed by atoms with Crippen LogP contribution in [0.15, 0.2) is 22.3 Å². The summed E-state index contributed by atoms with van der Waals surface area (Å²) in [5.74, 6) is 1.15. The first-order chi connectivity index (χ1) is 8.25. The van der Waals surface area contributed by atoms with Crippen molar-refractivity contribution in [3.8, 4) is 0 Å². The van der Waals surface area contributed by atoms with Crippen LogP contribution in [0.5, 0.6) is 0 Å². The maximum absolute atomic E-state index is 12.0. The van der Waals surface area contributed by atoms with Gasteiger partial charge in [0.1, 0.15) is 11.6 Å². The lowest BCUT2D eigenvalue weighted by Gasteiger charge is -2.23. The Balaban J connectivity index is 1.85. The van der Waals surface area contributed by atoms with E-state index in [2.05, 4.69) is 0 Å². The van der Waals surface area contributed by atoms with Crippen LogP contribution < -0.4 is 0 Å². The Kier molecular flexibility index (Phi) is 1.84. The predicted molar refractivity (Wildman–Crippen MR) is 63.4 cm³/mol. The molecule has 1 saturated carbocycles. The molecule has 0 aromatic heterocycles. The molecule has 0 saturated heterocycles. The van der Waals surface area contributed by atoms with E-state index in [0.717, 1.165) is 32.1 Å². The van der Waals surface area contributed by atoms with Crippen molar-refractivity contribution in [1.29, 1.82) is 0 Å². The van der Waals surface area contributed by atoms with Gasteiger partial charge in [-0.2, -0.15) is 0 Å². The molecule has 0 aliphatic heterocycles. The molecular weight excluding hydrogens is 212 g/mol. The molecule has 17 heavy (non-hydrogen) atoms. The van der Waals surface area contributed by atoms with Crippen LogP contribution in [0.1, 0.15) is 44.9 Å². The van der Waals surface area contributed by atoms with E-state index < -0.39 is 0 Å². The van der Waals surface area contributed by atoms with Crippen LogP contribution in [-0.2, 0) is 9.59 Å². The van der Waals surface area contributed by atoms with Gasteiger partial charge in [-0.3, -0.25) is 9.59 Å². The second kappa shape index (κ2) is 3.18. The number of rotatable bonds is 0. The third-order valence-corrected chi connectivity index (χ3v) is 4.96. The van der Waals surface area contributed by atoms with E-state index in [4.69, 9.17) is 0 Å². The molecule has 1 fully saturated rings. The first kappa shape index (κ1) is 9.81. The monoisotopic (exact) mass is 228 g/mol. The molecule has 2 nitrogen and oxygen atoms in total. The molecular formula is C15H16O2. The van der Waals surface area contributed by atoms with Crippen molar-refractivity contribution in [3.05, 3.63) is 22.3 Å². The van der Waals surface area contributed by atoms with Gasteiger partial charge in [-0.1, -0.05) is 24.0 Å². The SMILES string of the molecule is O=C1CC2=C3C4=C(CC(=O)C4CCCCC13)C2. The summed E-state index contributed by atoms with van der Waals surface area (Å²) in [7, 11) is 0. The third-order valence-electron chi connectivity index (χ3n) is 4.96. The van der Waals surface area contributed by atoms with E-state index in [-0.39, 0.29) is 11.8 Å². The van der Waals surface area contributed by atoms with E-state index in [0.29, 0.717) is 24.4 Å². The molecule has 4 aliphatic rings. The predicted octanol–water partition coefficient (Wildman–Crippen LogP) is 2.74. The Morgan fingerprint density at radius 1 is 0.706 bits per heavy atom. The van der Waals surface area contributed by atoms with Crippen LogP contribution in [0.3, 0.4) is 0 Å². The Hall–Kier alpha value is -1.18. The smallest absolute Gasteiger partial charge is 0.144 e. The number of hydrogen-bond donors (Lipinski definition) is 0. The quantitative estimate of drug-likeness (QED) is 0.639. The number of hydrogen-bond acceptors (Lipinski definition) is 2. The summed E-state index contributed by atoms with van der Waals surface area (Å²) >= 11 is 0. The van der Waals surface area contributed by atoms with Crippen molar-refractivity contribution < 1.29 is 9.59 Å². The molecule has 2 unspecified atom stereocenters. The van der Waals surface area contributed by atoms with Gasteiger partial charge >= 0.3 is 0 Å². The molecule has 4 aliphatic carbocycles. The average molecular weight is 228 g/mol. The molecule has 0 radical (unpaired) electrons. The molecule has 0 aromatic rings. The summed E-state index contributed by atoms with van der Waals surface area (Å²) in [5, 5.41) is 0. The molecule has 4 rings (SSSR count). The summed E-state index contributed by atoms with van der Waals surface area (Å²) < 4.78 is 0. The van der Waals surface area contributed by atoms with Crippen molar-refractivity contribution in [3.63, 3.8) is 0 Å². The standard InChI is InChI=1S/C15H16O2/c16-12-6-8-5-9-7-13(17)11-4-2-1-3-10(12)14(8)15(9)11/h10-11H,1-7H2. The van der Waals surface area contributed by atoms with Gasteiger partial charge in [0.25, 0.3) is 0 Å². The fourth-order valence-corrected chi connectivity index (χ4v) is 4.31. The Labute approximate surface area is 101 Å². The number of carbonyl (C=O) groups is 2. The first-order valence-electron chi connectivity index (χ1n) is 6.75. The van der Waals surface area contributed by atoms with Crippen LogP contribution in [0.25, 0.3) is 0 Å². The van der Waals surface area contributed by atoms with Crippen molar-refractivity contribution >= 4 is 11.6 Å². The lowest BCUT2D eigenvalue weighted by molar-refractivity contribution is -0.122. The minimum Gasteiger partial charge on any atom is -0.299 e. The minimum atomic E-state index is 0.159. The van der Waals surface area contributed by atoms with E-state index in [1.807, 2.05) is 0 Å².